The second-order valence-electron chi connectivity index (χ2n) is 4.85. The molecule has 110 valence electrons. The number of carbonyl (C=O) groups excluding carboxylic acids is 1. The van der Waals surface area contributed by atoms with Crippen molar-refractivity contribution in [1.82, 2.24) is 4.98 Å². The summed E-state index contributed by atoms with van der Waals surface area (Å²) in [6.45, 7) is 2.62. The van der Waals surface area contributed by atoms with Crippen LogP contribution in [0.15, 0.2) is 18.3 Å². The molecule has 1 heterocycles. The van der Waals surface area contributed by atoms with Gasteiger partial charge >= 0.3 is 5.97 Å². The van der Waals surface area contributed by atoms with Gasteiger partial charge in [0.2, 0.25) is 5.91 Å². The van der Waals surface area contributed by atoms with Crippen LogP contribution < -0.4 is 5.32 Å². The molecule has 0 saturated carbocycles. The standard InChI is InChI=1S/C12H16N2O5S/c1-12(2,20(3,18)19)11(17)14-9-5-4-8(13-7-9)6-10(15)16/h4-5,7H,6H2,1-3H3,(H,14,17)(H,15,16). The van der Waals surface area contributed by atoms with Gasteiger partial charge in [-0.15, -0.1) is 0 Å². The van der Waals surface area contributed by atoms with Gasteiger partial charge in [0.05, 0.1) is 24.0 Å². The number of carboxylic acids is 1. The van der Waals surface area contributed by atoms with Gasteiger partial charge in [-0.1, -0.05) is 0 Å². The van der Waals surface area contributed by atoms with Crippen LogP contribution in [0, 0.1) is 0 Å². The lowest BCUT2D eigenvalue weighted by Crippen LogP contribution is -2.43. The molecule has 1 rings (SSSR count). The second-order valence-corrected chi connectivity index (χ2v) is 7.41. The minimum Gasteiger partial charge on any atom is -0.481 e. The van der Waals surface area contributed by atoms with Crippen LogP contribution in [-0.2, 0) is 25.8 Å². The fourth-order valence-corrected chi connectivity index (χ4v) is 1.60. The van der Waals surface area contributed by atoms with E-state index in [4.69, 9.17) is 5.11 Å². The summed E-state index contributed by atoms with van der Waals surface area (Å²) in [6, 6.07) is 2.93. The number of rotatable bonds is 5. The van der Waals surface area contributed by atoms with Crippen molar-refractivity contribution in [3.63, 3.8) is 0 Å². The van der Waals surface area contributed by atoms with Gasteiger partial charge in [-0.25, -0.2) is 8.42 Å². The first-order valence-corrected chi connectivity index (χ1v) is 7.61. The topological polar surface area (TPSA) is 113 Å². The van der Waals surface area contributed by atoms with E-state index in [1.54, 1.807) is 0 Å². The Balaban J connectivity index is 2.84. The van der Waals surface area contributed by atoms with E-state index >= 15 is 0 Å². The third kappa shape index (κ3) is 3.77. The zero-order valence-electron chi connectivity index (χ0n) is 11.4. The van der Waals surface area contributed by atoms with Crippen molar-refractivity contribution in [2.45, 2.75) is 25.0 Å². The molecule has 8 heteroatoms. The highest BCUT2D eigenvalue weighted by atomic mass is 32.2. The number of aliphatic carboxylic acids is 1. The Hall–Kier alpha value is -1.96. The molecule has 0 saturated heterocycles. The van der Waals surface area contributed by atoms with Gasteiger partial charge in [0, 0.05) is 6.26 Å². The summed E-state index contributed by atoms with van der Waals surface area (Å²) in [5, 5.41) is 11.0. The lowest BCUT2D eigenvalue weighted by Gasteiger charge is -2.21. The molecule has 0 aliphatic rings. The van der Waals surface area contributed by atoms with E-state index in [-0.39, 0.29) is 6.42 Å². The first-order valence-electron chi connectivity index (χ1n) is 5.72. The van der Waals surface area contributed by atoms with Crippen LogP contribution in [-0.4, -0.2) is 41.4 Å². The van der Waals surface area contributed by atoms with Crippen LogP contribution in [0.2, 0.25) is 0 Å². The summed E-state index contributed by atoms with van der Waals surface area (Å²) in [5.41, 5.74) is 0.652. The Morgan fingerprint density at radius 3 is 2.35 bits per heavy atom. The van der Waals surface area contributed by atoms with E-state index in [0.717, 1.165) is 6.26 Å². The lowest BCUT2D eigenvalue weighted by atomic mass is 10.2. The van der Waals surface area contributed by atoms with Crippen molar-refractivity contribution >= 4 is 27.4 Å². The van der Waals surface area contributed by atoms with Gasteiger partial charge in [0.15, 0.2) is 9.84 Å². The smallest absolute Gasteiger partial charge is 0.309 e. The zero-order chi connectivity index (χ0) is 15.6. The predicted octanol–water partition coefficient (Wildman–Crippen LogP) is 0.470. The lowest BCUT2D eigenvalue weighted by molar-refractivity contribution is -0.136. The van der Waals surface area contributed by atoms with Gasteiger partial charge < -0.3 is 10.4 Å². The number of pyridine rings is 1. The molecule has 0 spiro atoms. The number of hydrogen-bond acceptors (Lipinski definition) is 5. The number of carboxylic acid groups (broad SMARTS) is 1. The minimum atomic E-state index is -3.56. The summed E-state index contributed by atoms with van der Waals surface area (Å²) in [6.07, 6.45) is 2.05. The van der Waals surface area contributed by atoms with Crippen LogP contribution in [0.1, 0.15) is 19.5 Å². The molecule has 0 atom stereocenters. The number of hydrogen-bond donors (Lipinski definition) is 2. The molecule has 0 radical (unpaired) electrons. The number of aromatic nitrogens is 1. The fourth-order valence-electron chi connectivity index (χ4n) is 1.21. The van der Waals surface area contributed by atoms with E-state index in [2.05, 4.69) is 10.3 Å². The molecule has 0 aliphatic carbocycles. The Bertz CT molecular complexity index is 620. The number of carbonyl (C=O) groups is 2. The molecule has 0 aliphatic heterocycles. The van der Waals surface area contributed by atoms with E-state index < -0.39 is 26.5 Å². The van der Waals surface area contributed by atoms with Gasteiger partial charge in [-0.3, -0.25) is 14.6 Å². The highest BCUT2D eigenvalue weighted by Crippen LogP contribution is 2.18. The van der Waals surface area contributed by atoms with Crippen molar-refractivity contribution in [1.29, 1.82) is 0 Å². The van der Waals surface area contributed by atoms with Crippen molar-refractivity contribution in [2.24, 2.45) is 0 Å². The summed E-state index contributed by atoms with van der Waals surface area (Å²) in [4.78, 5) is 26.3. The molecular formula is C12H16N2O5S. The van der Waals surface area contributed by atoms with Crippen LogP contribution in [0.3, 0.4) is 0 Å². The average molecular weight is 300 g/mol. The summed E-state index contributed by atoms with van der Waals surface area (Å²) in [5.74, 6) is -1.68. The fraction of sp³-hybridized carbons (Fsp3) is 0.417. The first kappa shape index (κ1) is 16.1. The molecule has 1 aromatic heterocycles. The molecule has 7 nitrogen and oxygen atoms in total. The van der Waals surface area contributed by atoms with E-state index in [0.29, 0.717) is 11.4 Å². The van der Waals surface area contributed by atoms with Crippen molar-refractivity contribution in [2.75, 3.05) is 11.6 Å². The SMILES string of the molecule is CC(C)(C(=O)Nc1ccc(CC(=O)O)nc1)S(C)(=O)=O. The summed E-state index contributed by atoms with van der Waals surface area (Å²) in [7, 11) is -3.56. The molecule has 0 aromatic carbocycles. The van der Waals surface area contributed by atoms with Gasteiger partial charge in [0.25, 0.3) is 0 Å². The van der Waals surface area contributed by atoms with Gasteiger partial charge in [0.1, 0.15) is 4.75 Å². The average Bonchev–Trinajstić information content (AvgIpc) is 2.29. The van der Waals surface area contributed by atoms with E-state index in [1.165, 1.54) is 32.2 Å². The van der Waals surface area contributed by atoms with Crippen molar-refractivity contribution in [3.8, 4) is 0 Å². The van der Waals surface area contributed by atoms with Crippen LogP contribution >= 0.6 is 0 Å². The number of sulfone groups is 1. The largest absolute Gasteiger partial charge is 0.481 e. The summed E-state index contributed by atoms with van der Waals surface area (Å²) < 4.78 is 21.5. The Kier molecular flexibility index (Phi) is 4.49. The normalized spacial score (nSPS) is 11.9. The minimum absolute atomic E-state index is 0.219. The van der Waals surface area contributed by atoms with Crippen molar-refractivity contribution < 1.29 is 23.1 Å². The summed E-state index contributed by atoms with van der Waals surface area (Å²) >= 11 is 0. The maximum absolute atomic E-state index is 11.9. The monoisotopic (exact) mass is 300 g/mol. The highest BCUT2D eigenvalue weighted by Gasteiger charge is 2.38. The van der Waals surface area contributed by atoms with Crippen LogP contribution in [0.4, 0.5) is 5.69 Å². The maximum Gasteiger partial charge on any atom is 0.309 e. The predicted molar refractivity (Wildman–Crippen MR) is 73.1 cm³/mol. The van der Waals surface area contributed by atoms with Crippen LogP contribution in [0.25, 0.3) is 0 Å². The molecule has 0 fully saturated rings. The highest BCUT2D eigenvalue weighted by molar-refractivity contribution is 7.92. The molecule has 0 bridgehead atoms. The molecule has 20 heavy (non-hydrogen) atoms. The first-order chi connectivity index (χ1) is 9.04. The molecule has 2 N–H and O–H groups in total. The number of amides is 1. The molecular weight excluding hydrogens is 284 g/mol. The van der Waals surface area contributed by atoms with Gasteiger partial charge in [-0.05, 0) is 26.0 Å². The Morgan fingerprint density at radius 1 is 1.35 bits per heavy atom. The number of nitrogens with one attached hydrogen (secondary N) is 1. The Labute approximate surface area is 116 Å². The quantitative estimate of drug-likeness (QED) is 0.817. The second kappa shape index (κ2) is 5.58. The third-order valence-corrected chi connectivity index (χ3v) is 4.93. The van der Waals surface area contributed by atoms with Crippen molar-refractivity contribution in [3.05, 3.63) is 24.0 Å². The molecule has 1 aromatic rings. The maximum atomic E-state index is 11.9. The van der Waals surface area contributed by atoms with Gasteiger partial charge in [-0.2, -0.15) is 0 Å². The van der Waals surface area contributed by atoms with Crippen LogP contribution in [0.5, 0.6) is 0 Å². The van der Waals surface area contributed by atoms with E-state index in [9.17, 15) is 18.0 Å². The molecule has 0 unspecified atom stereocenters. The zero-order valence-corrected chi connectivity index (χ0v) is 12.2. The number of anilines is 1. The number of nitrogens with zero attached hydrogens (tertiary/aromatic N) is 1. The third-order valence-electron chi connectivity index (χ3n) is 2.89. The van der Waals surface area contributed by atoms with E-state index in [1.807, 2.05) is 0 Å². The molecule has 1 amide bonds. The Morgan fingerprint density at radius 2 is 1.95 bits per heavy atom.